The first-order valence-corrected chi connectivity index (χ1v) is 9.63. The van der Waals surface area contributed by atoms with Gasteiger partial charge >= 0.3 is 6.09 Å². The molecule has 1 aliphatic heterocycles. The van der Waals surface area contributed by atoms with Gasteiger partial charge in [0.1, 0.15) is 5.58 Å². The molecule has 1 aliphatic rings. The number of carboxylic acid groups (broad SMARTS) is 1. The van der Waals surface area contributed by atoms with Crippen molar-refractivity contribution >= 4 is 28.7 Å². The van der Waals surface area contributed by atoms with Crippen LogP contribution < -0.4 is 10.7 Å². The molecule has 2 aromatic carbocycles. The van der Waals surface area contributed by atoms with Crippen molar-refractivity contribution in [1.82, 2.24) is 9.80 Å². The van der Waals surface area contributed by atoms with Crippen LogP contribution >= 0.6 is 0 Å². The summed E-state index contributed by atoms with van der Waals surface area (Å²) in [6.07, 6.45) is -0.878. The summed E-state index contributed by atoms with van der Waals surface area (Å²) in [6, 6.07) is 15.4. The van der Waals surface area contributed by atoms with Crippen LogP contribution in [0.2, 0.25) is 0 Å². The van der Waals surface area contributed by atoms with Gasteiger partial charge in [-0.2, -0.15) is 0 Å². The van der Waals surface area contributed by atoms with E-state index in [0.29, 0.717) is 49.4 Å². The smallest absolute Gasteiger partial charge is 0.407 e. The van der Waals surface area contributed by atoms with Crippen molar-refractivity contribution in [2.75, 3.05) is 31.5 Å². The predicted molar refractivity (Wildman–Crippen MR) is 112 cm³/mol. The van der Waals surface area contributed by atoms with Crippen molar-refractivity contribution in [3.8, 4) is 0 Å². The number of nitrogens with zero attached hydrogens (tertiary/aromatic N) is 2. The second kappa shape index (κ2) is 8.38. The Bertz CT molecular complexity index is 1130. The van der Waals surface area contributed by atoms with E-state index in [-0.39, 0.29) is 11.2 Å². The first-order valence-electron chi connectivity index (χ1n) is 9.63. The largest absolute Gasteiger partial charge is 0.465 e. The van der Waals surface area contributed by atoms with Gasteiger partial charge in [0.05, 0.1) is 5.39 Å². The Labute approximate surface area is 172 Å². The zero-order valence-electron chi connectivity index (χ0n) is 16.2. The molecule has 1 aromatic heterocycles. The molecule has 4 rings (SSSR count). The minimum atomic E-state index is -0.878. The van der Waals surface area contributed by atoms with E-state index < -0.39 is 12.0 Å². The Balaban J connectivity index is 1.38. The standard InChI is InChI=1S/C22H21N3O5/c26-18-13-20(30-19-4-2-1-3-17(18)19)21(27)23-16-7-5-15(6-8-16)14-24-9-11-25(12-10-24)22(28)29/h1-8,13H,9-12,14H2,(H,23,27)(H,28,29). The second-order valence-electron chi connectivity index (χ2n) is 7.17. The molecule has 0 radical (unpaired) electrons. The first kappa shape index (κ1) is 19.7. The second-order valence-corrected chi connectivity index (χ2v) is 7.17. The highest BCUT2D eigenvalue weighted by Gasteiger charge is 2.20. The summed E-state index contributed by atoms with van der Waals surface area (Å²) in [6.45, 7) is 3.08. The monoisotopic (exact) mass is 407 g/mol. The van der Waals surface area contributed by atoms with Crippen LogP contribution in [-0.4, -0.2) is 53.1 Å². The fourth-order valence-corrected chi connectivity index (χ4v) is 3.46. The topological polar surface area (TPSA) is 103 Å². The van der Waals surface area contributed by atoms with Crippen molar-refractivity contribution in [1.29, 1.82) is 0 Å². The maximum Gasteiger partial charge on any atom is 0.407 e. The van der Waals surface area contributed by atoms with Crippen molar-refractivity contribution in [3.05, 3.63) is 76.1 Å². The van der Waals surface area contributed by atoms with E-state index in [4.69, 9.17) is 9.52 Å². The SMILES string of the molecule is O=C(Nc1ccc(CN2CCN(C(=O)O)CC2)cc1)c1cc(=O)c2ccccc2o1. The molecule has 1 saturated heterocycles. The molecule has 0 unspecified atom stereocenters. The van der Waals surface area contributed by atoms with E-state index >= 15 is 0 Å². The van der Waals surface area contributed by atoms with Gasteiger partial charge in [-0.15, -0.1) is 0 Å². The van der Waals surface area contributed by atoms with E-state index in [1.54, 1.807) is 36.4 Å². The molecule has 0 aliphatic carbocycles. The maximum absolute atomic E-state index is 12.5. The zero-order valence-corrected chi connectivity index (χ0v) is 16.2. The number of amides is 2. The van der Waals surface area contributed by atoms with Crippen LogP contribution in [0.5, 0.6) is 0 Å². The van der Waals surface area contributed by atoms with Crippen LogP contribution in [0.4, 0.5) is 10.5 Å². The molecule has 8 heteroatoms. The van der Waals surface area contributed by atoms with E-state index in [0.717, 1.165) is 5.56 Å². The number of benzene rings is 2. The highest BCUT2D eigenvalue weighted by molar-refractivity contribution is 6.02. The van der Waals surface area contributed by atoms with Crippen molar-refractivity contribution < 1.29 is 19.1 Å². The third-order valence-corrected chi connectivity index (χ3v) is 5.12. The lowest BCUT2D eigenvalue weighted by molar-refractivity contribution is 0.0995. The molecule has 8 nitrogen and oxygen atoms in total. The summed E-state index contributed by atoms with van der Waals surface area (Å²) in [4.78, 5) is 39.2. The van der Waals surface area contributed by atoms with Gasteiger partial charge in [-0.25, -0.2) is 4.79 Å². The molecule has 0 spiro atoms. The van der Waals surface area contributed by atoms with Gasteiger partial charge in [-0.05, 0) is 29.8 Å². The Kier molecular flexibility index (Phi) is 5.49. The Morgan fingerprint density at radius 1 is 1.00 bits per heavy atom. The van der Waals surface area contributed by atoms with Crippen LogP contribution in [-0.2, 0) is 6.54 Å². The number of carbonyl (C=O) groups is 2. The fourth-order valence-electron chi connectivity index (χ4n) is 3.46. The minimum absolute atomic E-state index is 0.0425. The van der Waals surface area contributed by atoms with Crippen molar-refractivity contribution in [2.24, 2.45) is 0 Å². The molecule has 154 valence electrons. The number of hydrogen-bond acceptors (Lipinski definition) is 5. The van der Waals surface area contributed by atoms with Gasteiger partial charge < -0.3 is 19.7 Å². The highest BCUT2D eigenvalue weighted by atomic mass is 16.4. The molecule has 2 heterocycles. The van der Waals surface area contributed by atoms with Crippen LogP contribution in [0, 0.1) is 0 Å². The Morgan fingerprint density at radius 2 is 1.70 bits per heavy atom. The predicted octanol–water partition coefficient (Wildman–Crippen LogP) is 2.84. The molecular formula is C22H21N3O5. The summed E-state index contributed by atoms with van der Waals surface area (Å²) in [5.74, 6) is -0.533. The van der Waals surface area contributed by atoms with E-state index in [9.17, 15) is 14.4 Å². The number of rotatable bonds is 4. The molecular weight excluding hydrogens is 386 g/mol. The number of nitrogens with one attached hydrogen (secondary N) is 1. The lowest BCUT2D eigenvalue weighted by Crippen LogP contribution is -2.47. The fraction of sp³-hybridized carbons (Fsp3) is 0.227. The van der Waals surface area contributed by atoms with Gasteiger partial charge in [0.25, 0.3) is 5.91 Å². The molecule has 30 heavy (non-hydrogen) atoms. The first-order chi connectivity index (χ1) is 14.5. The van der Waals surface area contributed by atoms with Crippen LogP contribution in [0.25, 0.3) is 11.0 Å². The Morgan fingerprint density at radius 3 is 2.40 bits per heavy atom. The molecule has 3 aromatic rings. The molecule has 2 N–H and O–H groups in total. The zero-order chi connectivity index (χ0) is 21.1. The number of para-hydroxylation sites is 1. The van der Waals surface area contributed by atoms with E-state index in [2.05, 4.69) is 10.2 Å². The number of anilines is 1. The summed E-state index contributed by atoms with van der Waals surface area (Å²) in [5, 5.41) is 12.2. The molecule has 1 fully saturated rings. The average Bonchev–Trinajstić information content (AvgIpc) is 2.75. The molecule has 0 bridgehead atoms. The minimum Gasteiger partial charge on any atom is -0.465 e. The normalized spacial score (nSPS) is 14.6. The average molecular weight is 407 g/mol. The van der Waals surface area contributed by atoms with Gasteiger partial charge in [0, 0.05) is 44.5 Å². The van der Waals surface area contributed by atoms with E-state index in [1.165, 1.54) is 11.0 Å². The quantitative estimate of drug-likeness (QED) is 0.689. The van der Waals surface area contributed by atoms with E-state index in [1.807, 2.05) is 12.1 Å². The lowest BCUT2D eigenvalue weighted by Gasteiger charge is -2.33. The number of fused-ring (bicyclic) bond motifs is 1. The van der Waals surface area contributed by atoms with Crippen LogP contribution in [0.1, 0.15) is 16.1 Å². The molecule has 0 atom stereocenters. The van der Waals surface area contributed by atoms with Crippen LogP contribution in [0.15, 0.2) is 63.8 Å². The maximum atomic E-state index is 12.5. The van der Waals surface area contributed by atoms with Gasteiger partial charge in [-0.3, -0.25) is 14.5 Å². The van der Waals surface area contributed by atoms with Crippen molar-refractivity contribution in [2.45, 2.75) is 6.54 Å². The van der Waals surface area contributed by atoms with Gasteiger partial charge in [-0.1, -0.05) is 24.3 Å². The van der Waals surface area contributed by atoms with Crippen LogP contribution in [0.3, 0.4) is 0 Å². The number of hydrogen-bond donors (Lipinski definition) is 2. The summed E-state index contributed by atoms with van der Waals surface area (Å²) >= 11 is 0. The van der Waals surface area contributed by atoms with Crippen molar-refractivity contribution in [3.63, 3.8) is 0 Å². The summed E-state index contributed by atoms with van der Waals surface area (Å²) < 4.78 is 5.56. The highest BCUT2D eigenvalue weighted by Crippen LogP contribution is 2.16. The number of carbonyl (C=O) groups excluding carboxylic acids is 1. The van der Waals surface area contributed by atoms with Gasteiger partial charge in [0.2, 0.25) is 0 Å². The molecule has 2 amide bonds. The number of piperazine rings is 1. The third kappa shape index (κ3) is 4.33. The summed E-state index contributed by atoms with van der Waals surface area (Å²) in [7, 11) is 0. The molecule has 0 saturated carbocycles. The summed E-state index contributed by atoms with van der Waals surface area (Å²) in [5.41, 5.74) is 1.76. The van der Waals surface area contributed by atoms with Gasteiger partial charge in [0.15, 0.2) is 11.2 Å². The lowest BCUT2D eigenvalue weighted by atomic mass is 10.1. The third-order valence-electron chi connectivity index (χ3n) is 5.12. The Hall–Kier alpha value is -3.65.